The Kier molecular flexibility index (Phi) is 6.16. The number of aromatic nitrogens is 2. The molecule has 2 aromatic rings. The fraction of sp³-hybridized carbons (Fsp3) is 0.560. The van der Waals surface area contributed by atoms with Crippen molar-refractivity contribution in [2.75, 3.05) is 25.0 Å². The van der Waals surface area contributed by atoms with Crippen LogP contribution in [0.25, 0.3) is 0 Å². The fourth-order valence-corrected chi connectivity index (χ4v) is 6.21. The maximum Gasteiger partial charge on any atom is 0.170 e. The van der Waals surface area contributed by atoms with Crippen LogP contribution in [0.5, 0.6) is 0 Å². The van der Waals surface area contributed by atoms with Crippen LogP contribution in [0.3, 0.4) is 0 Å². The Morgan fingerprint density at radius 2 is 2.09 bits per heavy atom. The van der Waals surface area contributed by atoms with Crippen LogP contribution in [0.1, 0.15) is 67.3 Å². The summed E-state index contributed by atoms with van der Waals surface area (Å²) in [5.41, 5.74) is 4.24. The van der Waals surface area contributed by atoms with E-state index in [2.05, 4.69) is 39.4 Å². The third-order valence-corrected chi connectivity index (χ3v) is 7.96. The van der Waals surface area contributed by atoms with Crippen molar-refractivity contribution in [1.82, 2.24) is 20.0 Å². The van der Waals surface area contributed by atoms with Gasteiger partial charge in [0.15, 0.2) is 5.11 Å². The molecule has 0 amide bonds. The van der Waals surface area contributed by atoms with Crippen molar-refractivity contribution >= 4 is 23.0 Å². The molecule has 32 heavy (non-hydrogen) atoms. The quantitative estimate of drug-likeness (QED) is 0.671. The molecule has 7 heteroatoms. The lowest BCUT2D eigenvalue weighted by molar-refractivity contribution is 0.0303. The molecule has 1 aromatic heterocycles. The predicted octanol–water partition coefficient (Wildman–Crippen LogP) is 4.11. The number of nitrogens with one attached hydrogen (secondary N) is 2. The number of rotatable bonds is 5. The van der Waals surface area contributed by atoms with Crippen molar-refractivity contribution in [2.45, 2.75) is 56.4 Å². The average Bonchev–Trinajstić information content (AvgIpc) is 3.48. The SMILES string of the molecule is Cn1nc(C2CCCC2)cc1[C@@H]1CN2CC[C@H]1C[C@@H]2CNC(=S)Nc1cccc(C#N)c1. The molecule has 3 aliphatic heterocycles. The van der Waals surface area contributed by atoms with E-state index >= 15 is 0 Å². The van der Waals surface area contributed by atoms with Crippen molar-refractivity contribution in [3.8, 4) is 6.07 Å². The summed E-state index contributed by atoms with van der Waals surface area (Å²) in [5.74, 6) is 1.98. The second-order valence-electron chi connectivity index (χ2n) is 9.67. The van der Waals surface area contributed by atoms with Crippen molar-refractivity contribution in [2.24, 2.45) is 13.0 Å². The number of benzene rings is 1. The predicted molar refractivity (Wildman–Crippen MR) is 131 cm³/mol. The normalized spacial score (nSPS) is 27.2. The summed E-state index contributed by atoms with van der Waals surface area (Å²) < 4.78 is 2.17. The first kappa shape index (κ1) is 21.4. The zero-order valence-electron chi connectivity index (χ0n) is 18.8. The van der Waals surface area contributed by atoms with Gasteiger partial charge in [0.25, 0.3) is 0 Å². The molecule has 168 valence electrons. The standard InChI is InChI=1S/C25H32N6S/c1-30-24(13-23(29-30)18-6-2-3-7-18)22-16-31-10-9-19(22)12-21(31)15-27-25(32)28-20-8-4-5-17(11-20)14-26/h4-5,8,11,13,18-19,21-22H,2-3,6-7,9-10,12,15-16H2,1H3,(H2,27,28,32)/t19-,21+,22+/m0/s1. The summed E-state index contributed by atoms with van der Waals surface area (Å²) in [6.07, 6.45) is 7.79. The Bertz CT molecular complexity index is 1020. The zero-order chi connectivity index (χ0) is 22.1. The number of piperidine rings is 3. The number of fused-ring (bicyclic) bond motifs is 3. The van der Waals surface area contributed by atoms with Crippen molar-refractivity contribution in [3.63, 3.8) is 0 Å². The van der Waals surface area contributed by atoms with Gasteiger partial charge in [0.2, 0.25) is 0 Å². The van der Waals surface area contributed by atoms with Crippen LogP contribution in [-0.2, 0) is 7.05 Å². The first-order valence-electron chi connectivity index (χ1n) is 11.9. The molecule has 4 aliphatic rings. The van der Waals surface area contributed by atoms with Crippen LogP contribution in [0.15, 0.2) is 30.3 Å². The van der Waals surface area contributed by atoms with Gasteiger partial charge in [0.05, 0.1) is 17.3 Å². The minimum atomic E-state index is 0.512. The van der Waals surface area contributed by atoms with E-state index in [1.54, 1.807) is 6.07 Å². The number of nitrogens with zero attached hydrogens (tertiary/aromatic N) is 4. The Labute approximate surface area is 196 Å². The third kappa shape index (κ3) is 4.39. The highest BCUT2D eigenvalue weighted by Crippen LogP contribution is 2.43. The topological polar surface area (TPSA) is 68.9 Å². The number of hydrogen-bond acceptors (Lipinski definition) is 4. The molecule has 0 spiro atoms. The second-order valence-corrected chi connectivity index (χ2v) is 10.1. The molecule has 0 radical (unpaired) electrons. The van der Waals surface area contributed by atoms with Crippen LogP contribution in [-0.4, -0.2) is 45.5 Å². The number of hydrogen-bond donors (Lipinski definition) is 2. The van der Waals surface area contributed by atoms with Gasteiger partial charge in [0, 0.05) is 49.4 Å². The molecular formula is C25H32N6S. The lowest BCUT2D eigenvalue weighted by Crippen LogP contribution is -2.56. The molecule has 1 aliphatic carbocycles. The van der Waals surface area contributed by atoms with Crippen molar-refractivity contribution < 1.29 is 0 Å². The molecule has 4 atom stereocenters. The Morgan fingerprint density at radius 1 is 1.25 bits per heavy atom. The summed E-state index contributed by atoms with van der Waals surface area (Å²) in [6.45, 7) is 3.14. The molecule has 6 rings (SSSR count). The molecule has 2 N–H and O–H groups in total. The van der Waals surface area contributed by atoms with Gasteiger partial charge in [-0.1, -0.05) is 18.9 Å². The minimum absolute atomic E-state index is 0.512. The fourth-order valence-electron chi connectivity index (χ4n) is 6.01. The molecule has 1 unspecified atom stereocenters. The first-order chi connectivity index (χ1) is 15.6. The van der Waals surface area contributed by atoms with Crippen LogP contribution in [0, 0.1) is 17.2 Å². The lowest BCUT2D eigenvalue weighted by Gasteiger charge is -2.50. The second kappa shape index (κ2) is 9.21. The number of thiocarbonyl (C=S) groups is 1. The molecule has 4 fully saturated rings. The summed E-state index contributed by atoms with van der Waals surface area (Å²) in [7, 11) is 2.13. The molecule has 6 nitrogen and oxygen atoms in total. The summed E-state index contributed by atoms with van der Waals surface area (Å²) in [6, 6.07) is 12.5. The highest BCUT2D eigenvalue weighted by atomic mass is 32.1. The molecule has 3 saturated heterocycles. The van der Waals surface area contributed by atoms with Gasteiger partial charge in [-0.15, -0.1) is 0 Å². The van der Waals surface area contributed by atoms with E-state index in [4.69, 9.17) is 22.6 Å². The highest BCUT2D eigenvalue weighted by molar-refractivity contribution is 7.80. The Morgan fingerprint density at radius 3 is 2.84 bits per heavy atom. The first-order valence-corrected chi connectivity index (χ1v) is 12.3. The van der Waals surface area contributed by atoms with E-state index in [1.165, 1.54) is 56.5 Å². The van der Waals surface area contributed by atoms with Gasteiger partial charge in [0.1, 0.15) is 0 Å². The van der Waals surface area contributed by atoms with Crippen molar-refractivity contribution in [3.05, 3.63) is 47.3 Å². The monoisotopic (exact) mass is 448 g/mol. The molecule has 2 bridgehead atoms. The van der Waals surface area contributed by atoms with Crippen LogP contribution < -0.4 is 10.6 Å². The van der Waals surface area contributed by atoms with Gasteiger partial charge >= 0.3 is 0 Å². The smallest absolute Gasteiger partial charge is 0.170 e. The summed E-state index contributed by atoms with van der Waals surface area (Å²) in [4.78, 5) is 2.64. The van der Waals surface area contributed by atoms with E-state index in [1.807, 2.05) is 18.2 Å². The van der Waals surface area contributed by atoms with E-state index in [-0.39, 0.29) is 0 Å². The number of aryl methyl sites for hydroxylation is 1. The van der Waals surface area contributed by atoms with Crippen LogP contribution in [0.2, 0.25) is 0 Å². The zero-order valence-corrected chi connectivity index (χ0v) is 19.6. The molecule has 4 heterocycles. The largest absolute Gasteiger partial charge is 0.361 e. The van der Waals surface area contributed by atoms with Crippen LogP contribution >= 0.6 is 12.2 Å². The average molecular weight is 449 g/mol. The summed E-state index contributed by atoms with van der Waals surface area (Å²) >= 11 is 5.51. The highest BCUT2D eigenvalue weighted by Gasteiger charge is 2.42. The van der Waals surface area contributed by atoms with Gasteiger partial charge < -0.3 is 10.6 Å². The maximum atomic E-state index is 9.07. The van der Waals surface area contributed by atoms with E-state index < -0.39 is 0 Å². The molecular weight excluding hydrogens is 416 g/mol. The van der Waals surface area contributed by atoms with Gasteiger partial charge in [-0.05, 0) is 74.6 Å². The Balaban J connectivity index is 1.18. The summed E-state index contributed by atoms with van der Waals surface area (Å²) in [5, 5.41) is 21.2. The molecule has 1 aromatic carbocycles. The Hall–Kier alpha value is -2.43. The lowest BCUT2D eigenvalue weighted by atomic mass is 9.74. The number of nitriles is 1. The minimum Gasteiger partial charge on any atom is -0.361 e. The van der Waals surface area contributed by atoms with E-state index in [0.29, 0.717) is 34.5 Å². The van der Waals surface area contributed by atoms with Crippen molar-refractivity contribution in [1.29, 1.82) is 5.26 Å². The van der Waals surface area contributed by atoms with E-state index in [9.17, 15) is 0 Å². The van der Waals surface area contributed by atoms with Gasteiger partial charge in [-0.25, -0.2) is 0 Å². The van der Waals surface area contributed by atoms with Gasteiger partial charge in [-0.2, -0.15) is 10.4 Å². The molecule has 1 saturated carbocycles. The van der Waals surface area contributed by atoms with Gasteiger partial charge in [-0.3, -0.25) is 9.58 Å². The number of anilines is 1. The maximum absolute atomic E-state index is 9.07. The van der Waals surface area contributed by atoms with E-state index in [0.717, 1.165) is 18.8 Å². The van der Waals surface area contributed by atoms with Crippen LogP contribution in [0.4, 0.5) is 5.69 Å². The third-order valence-electron chi connectivity index (χ3n) is 7.71.